The number of piperidine rings is 1. The number of carbonyl (C=O) groups is 1. The number of hydrogen-bond acceptors (Lipinski definition) is 4. The van der Waals surface area contributed by atoms with Gasteiger partial charge in [-0.15, -0.1) is 11.8 Å². The van der Waals surface area contributed by atoms with E-state index in [9.17, 15) is 9.59 Å². The van der Waals surface area contributed by atoms with Crippen LogP contribution in [0.4, 0.5) is 0 Å². The molecule has 1 fully saturated rings. The molecule has 0 aliphatic carbocycles. The molecule has 1 aliphatic heterocycles. The van der Waals surface area contributed by atoms with Crippen LogP contribution in [0.2, 0.25) is 0 Å². The number of hydrogen-bond donors (Lipinski definition) is 0. The molecule has 138 valence electrons. The molecule has 1 aliphatic rings. The van der Waals surface area contributed by atoms with E-state index in [4.69, 9.17) is 0 Å². The predicted octanol–water partition coefficient (Wildman–Crippen LogP) is 3.40. The Labute approximate surface area is 162 Å². The van der Waals surface area contributed by atoms with Crippen molar-refractivity contribution in [2.24, 2.45) is 0 Å². The van der Waals surface area contributed by atoms with E-state index >= 15 is 0 Å². The van der Waals surface area contributed by atoms with E-state index in [0.717, 1.165) is 12.8 Å². The Bertz CT molecular complexity index is 1040. The number of carbonyl (C=O) groups excluding carboxylic acids is 1. The van der Waals surface area contributed by atoms with Crippen LogP contribution in [0.1, 0.15) is 28.8 Å². The van der Waals surface area contributed by atoms with Crippen molar-refractivity contribution in [2.45, 2.75) is 29.9 Å². The quantitative estimate of drug-likeness (QED) is 0.700. The number of amides is 1. The molecule has 5 nitrogen and oxygen atoms in total. The second-order valence-corrected chi connectivity index (χ2v) is 8.21. The molecule has 4 rings (SSSR count). The van der Waals surface area contributed by atoms with E-state index < -0.39 is 0 Å². The Balaban J connectivity index is 1.44. The molecular weight excluding hydrogens is 358 g/mol. The summed E-state index contributed by atoms with van der Waals surface area (Å²) < 4.78 is 1.42. The number of likely N-dealkylation sites (tertiary alicyclic amines) is 1. The van der Waals surface area contributed by atoms with Crippen molar-refractivity contribution in [3.63, 3.8) is 0 Å². The van der Waals surface area contributed by atoms with Crippen LogP contribution in [-0.2, 0) is 0 Å². The summed E-state index contributed by atoms with van der Waals surface area (Å²) in [6.45, 7) is 3.43. The van der Waals surface area contributed by atoms with Gasteiger partial charge in [-0.2, -0.15) is 0 Å². The third-order valence-electron chi connectivity index (χ3n) is 4.87. The fraction of sp³-hybridized carbons (Fsp3) is 0.286. The van der Waals surface area contributed by atoms with Gasteiger partial charge in [-0.25, -0.2) is 4.98 Å². The Hall–Kier alpha value is -2.60. The molecule has 0 radical (unpaired) electrons. The summed E-state index contributed by atoms with van der Waals surface area (Å²) >= 11 is 1.88. The molecule has 27 heavy (non-hydrogen) atoms. The lowest BCUT2D eigenvalue weighted by atomic mass is 10.1. The maximum Gasteiger partial charge on any atom is 0.270 e. The highest BCUT2D eigenvalue weighted by Gasteiger charge is 2.26. The minimum absolute atomic E-state index is 0.142. The van der Waals surface area contributed by atoms with Crippen LogP contribution in [-0.4, -0.2) is 38.5 Å². The zero-order valence-electron chi connectivity index (χ0n) is 15.2. The number of pyridine rings is 1. The fourth-order valence-corrected chi connectivity index (χ4v) is 4.64. The number of benzene rings is 1. The first-order chi connectivity index (χ1) is 13.1. The third kappa shape index (κ3) is 3.76. The summed E-state index contributed by atoms with van der Waals surface area (Å²) in [5.41, 5.74) is 1.65. The van der Waals surface area contributed by atoms with Crippen LogP contribution >= 0.6 is 11.8 Å². The molecule has 3 heterocycles. The average Bonchev–Trinajstić information content (AvgIpc) is 2.69. The van der Waals surface area contributed by atoms with Crippen LogP contribution in [0.5, 0.6) is 0 Å². The van der Waals surface area contributed by atoms with Gasteiger partial charge in [0.15, 0.2) is 0 Å². The average molecular weight is 379 g/mol. The third-order valence-corrected chi connectivity index (χ3v) is 6.20. The van der Waals surface area contributed by atoms with Gasteiger partial charge in [-0.3, -0.25) is 14.0 Å². The largest absolute Gasteiger partial charge is 0.338 e. The van der Waals surface area contributed by atoms with E-state index in [1.165, 1.54) is 21.1 Å². The Morgan fingerprint density at radius 2 is 1.96 bits per heavy atom. The van der Waals surface area contributed by atoms with Crippen molar-refractivity contribution in [2.75, 3.05) is 13.1 Å². The lowest BCUT2D eigenvalue weighted by molar-refractivity contribution is 0.0725. The molecule has 0 saturated carbocycles. The lowest BCUT2D eigenvalue weighted by Crippen LogP contribution is -2.41. The van der Waals surface area contributed by atoms with E-state index in [1.807, 2.05) is 17.8 Å². The maximum atomic E-state index is 12.8. The summed E-state index contributed by atoms with van der Waals surface area (Å²) in [6, 6.07) is 13.8. The van der Waals surface area contributed by atoms with Crippen LogP contribution in [0.3, 0.4) is 0 Å². The molecule has 6 heteroatoms. The van der Waals surface area contributed by atoms with Crippen molar-refractivity contribution in [3.8, 4) is 0 Å². The monoisotopic (exact) mass is 379 g/mol. The molecule has 0 bridgehead atoms. The summed E-state index contributed by atoms with van der Waals surface area (Å²) in [7, 11) is 0. The van der Waals surface area contributed by atoms with Crippen molar-refractivity contribution in [1.82, 2.24) is 14.3 Å². The smallest absolute Gasteiger partial charge is 0.270 e. The summed E-state index contributed by atoms with van der Waals surface area (Å²) in [5.74, 6) is -0.218. The number of nitrogens with zero attached hydrogens (tertiary/aromatic N) is 3. The topological polar surface area (TPSA) is 54.7 Å². The number of aromatic nitrogens is 2. The van der Waals surface area contributed by atoms with Crippen LogP contribution < -0.4 is 5.56 Å². The molecular formula is C21H21N3O2S. The normalized spacial score (nSPS) is 15.2. The van der Waals surface area contributed by atoms with Gasteiger partial charge in [0.1, 0.15) is 11.2 Å². The molecule has 1 amide bonds. The van der Waals surface area contributed by atoms with Crippen molar-refractivity contribution >= 4 is 23.3 Å². The van der Waals surface area contributed by atoms with Crippen molar-refractivity contribution < 1.29 is 4.79 Å². The van der Waals surface area contributed by atoms with E-state index in [2.05, 4.69) is 36.2 Å². The van der Waals surface area contributed by atoms with Gasteiger partial charge >= 0.3 is 0 Å². The first-order valence-electron chi connectivity index (χ1n) is 9.11. The Morgan fingerprint density at radius 3 is 2.74 bits per heavy atom. The first kappa shape index (κ1) is 17.8. The molecule has 2 aromatic heterocycles. The minimum Gasteiger partial charge on any atom is -0.338 e. The highest BCUT2D eigenvalue weighted by molar-refractivity contribution is 8.00. The predicted molar refractivity (Wildman–Crippen MR) is 107 cm³/mol. The minimum atomic E-state index is -0.304. The van der Waals surface area contributed by atoms with Gasteiger partial charge in [0, 0.05) is 35.6 Å². The first-order valence-corrected chi connectivity index (χ1v) is 9.99. The van der Waals surface area contributed by atoms with Gasteiger partial charge in [-0.05, 0) is 44.0 Å². The summed E-state index contributed by atoms with van der Waals surface area (Å²) in [5, 5.41) is 0.492. The van der Waals surface area contributed by atoms with Gasteiger partial charge < -0.3 is 4.90 Å². The van der Waals surface area contributed by atoms with Crippen molar-refractivity contribution in [1.29, 1.82) is 0 Å². The molecule has 0 N–H and O–H groups in total. The van der Waals surface area contributed by atoms with Gasteiger partial charge in [-0.1, -0.05) is 23.8 Å². The second kappa shape index (κ2) is 7.56. The molecule has 3 aromatic rings. The summed E-state index contributed by atoms with van der Waals surface area (Å²) in [6.07, 6.45) is 4.90. The van der Waals surface area contributed by atoms with Crippen molar-refractivity contribution in [3.05, 3.63) is 76.3 Å². The zero-order chi connectivity index (χ0) is 18.8. The summed E-state index contributed by atoms with van der Waals surface area (Å²) in [4.78, 5) is 32.8. The van der Waals surface area contributed by atoms with Gasteiger partial charge in [0.2, 0.25) is 0 Å². The van der Waals surface area contributed by atoms with Crippen LogP contribution in [0.25, 0.3) is 5.65 Å². The molecule has 0 spiro atoms. The Kier molecular flexibility index (Phi) is 4.99. The second-order valence-electron chi connectivity index (χ2n) is 6.83. The number of aryl methyl sites for hydroxylation is 1. The lowest BCUT2D eigenvalue weighted by Gasteiger charge is -2.31. The molecule has 0 unspecified atom stereocenters. The SMILES string of the molecule is Cc1cccc(SC2CCN(C(=O)c3cnc4ccccn4c3=O)CC2)c1. The maximum absolute atomic E-state index is 12.8. The number of thioether (sulfide) groups is 1. The van der Waals surface area contributed by atoms with Gasteiger partial charge in [0.25, 0.3) is 11.5 Å². The number of fused-ring (bicyclic) bond motifs is 1. The standard InChI is InChI=1S/C21H21N3O2S/c1-15-5-4-6-17(13-15)27-16-8-11-23(12-9-16)20(25)18-14-22-19-7-2-3-10-24(19)21(18)26/h2-7,10,13-14,16H,8-9,11-12H2,1H3. The molecule has 1 aromatic carbocycles. The molecule has 0 atom stereocenters. The highest BCUT2D eigenvalue weighted by atomic mass is 32.2. The van der Waals surface area contributed by atoms with Gasteiger partial charge in [0.05, 0.1) is 0 Å². The fourth-order valence-electron chi connectivity index (χ4n) is 3.40. The number of rotatable bonds is 3. The van der Waals surface area contributed by atoms with E-state index in [1.54, 1.807) is 23.2 Å². The zero-order valence-corrected chi connectivity index (χ0v) is 16.0. The highest BCUT2D eigenvalue weighted by Crippen LogP contribution is 2.31. The molecule has 1 saturated heterocycles. The van der Waals surface area contributed by atoms with E-state index in [0.29, 0.717) is 24.0 Å². The van der Waals surface area contributed by atoms with E-state index in [-0.39, 0.29) is 17.0 Å². The van der Waals surface area contributed by atoms with Crippen LogP contribution in [0.15, 0.2) is 64.5 Å². The van der Waals surface area contributed by atoms with Crippen LogP contribution in [0, 0.1) is 6.92 Å². The Morgan fingerprint density at radius 1 is 1.15 bits per heavy atom.